The van der Waals surface area contributed by atoms with E-state index in [-0.39, 0.29) is 5.75 Å². The zero-order chi connectivity index (χ0) is 14.7. The fraction of sp³-hybridized carbons (Fsp3) is 0. The number of para-hydroxylation sites is 1. The average Bonchev–Trinajstić information content (AvgIpc) is 2.88. The second kappa shape index (κ2) is 5.76. The molecular formula is C16H12N2O2S. The SMILES string of the molecule is O=c1ccccc(-c2csc(Nc3ccccc3)n2)c1O. The first-order valence-electron chi connectivity index (χ1n) is 6.34. The van der Waals surface area contributed by atoms with Crippen molar-refractivity contribution in [3.63, 3.8) is 0 Å². The monoisotopic (exact) mass is 296 g/mol. The number of benzene rings is 1. The minimum atomic E-state index is -0.416. The van der Waals surface area contributed by atoms with Crippen molar-refractivity contribution in [3.8, 4) is 17.0 Å². The molecular weight excluding hydrogens is 284 g/mol. The molecule has 0 spiro atoms. The number of aromatic nitrogens is 1. The van der Waals surface area contributed by atoms with Crippen molar-refractivity contribution in [2.75, 3.05) is 5.32 Å². The van der Waals surface area contributed by atoms with Crippen molar-refractivity contribution in [2.24, 2.45) is 0 Å². The Morgan fingerprint density at radius 2 is 1.71 bits per heavy atom. The van der Waals surface area contributed by atoms with Crippen molar-refractivity contribution in [3.05, 3.63) is 70.2 Å². The lowest BCUT2D eigenvalue weighted by Gasteiger charge is -2.00. The maximum Gasteiger partial charge on any atom is 0.220 e. The summed E-state index contributed by atoms with van der Waals surface area (Å²) in [5, 5.41) is 15.6. The molecule has 4 nitrogen and oxygen atoms in total. The molecule has 2 N–H and O–H groups in total. The largest absolute Gasteiger partial charge is 0.504 e. The van der Waals surface area contributed by atoms with Crippen LogP contribution in [0.25, 0.3) is 11.3 Å². The van der Waals surface area contributed by atoms with Gasteiger partial charge in [0.05, 0.1) is 5.69 Å². The van der Waals surface area contributed by atoms with Crippen LogP contribution in [0.1, 0.15) is 0 Å². The summed E-state index contributed by atoms with van der Waals surface area (Å²) in [6.45, 7) is 0. The lowest BCUT2D eigenvalue weighted by atomic mass is 10.2. The van der Waals surface area contributed by atoms with E-state index in [1.165, 1.54) is 17.4 Å². The number of aromatic hydroxyl groups is 1. The standard InChI is InChI=1S/C16H12N2O2S/c19-14-9-5-4-8-12(15(14)20)13-10-21-16(18-13)17-11-6-2-1-3-7-11/h1-10H,(H,17,18)(H,19,20). The Bertz CT molecular complexity index is 816. The van der Waals surface area contributed by atoms with Crippen LogP contribution >= 0.6 is 11.3 Å². The van der Waals surface area contributed by atoms with Crippen LogP contribution in [0.2, 0.25) is 0 Å². The summed E-state index contributed by atoms with van der Waals surface area (Å²) in [6, 6.07) is 16.0. The van der Waals surface area contributed by atoms with Gasteiger partial charge in [-0.2, -0.15) is 0 Å². The number of rotatable bonds is 3. The number of nitrogens with zero attached hydrogens (tertiary/aromatic N) is 1. The van der Waals surface area contributed by atoms with Gasteiger partial charge in [-0.15, -0.1) is 11.3 Å². The molecule has 0 atom stereocenters. The number of anilines is 2. The van der Waals surface area contributed by atoms with Crippen LogP contribution in [0.15, 0.2) is 64.8 Å². The molecule has 0 saturated carbocycles. The zero-order valence-electron chi connectivity index (χ0n) is 11.0. The number of hydrogen-bond donors (Lipinski definition) is 2. The van der Waals surface area contributed by atoms with Gasteiger partial charge in [0.1, 0.15) is 0 Å². The first kappa shape index (κ1) is 13.3. The summed E-state index contributed by atoms with van der Waals surface area (Å²) >= 11 is 1.42. The van der Waals surface area contributed by atoms with Gasteiger partial charge in [0.15, 0.2) is 10.9 Å². The van der Waals surface area contributed by atoms with Gasteiger partial charge in [-0.1, -0.05) is 30.3 Å². The highest BCUT2D eigenvalue weighted by Crippen LogP contribution is 2.30. The van der Waals surface area contributed by atoms with Gasteiger partial charge >= 0.3 is 0 Å². The Morgan fingerprint density at radius 1 is 1.00 bits per heavy atom. The van der Waals surface area contributed by atoms with E-state index < -0.39 is 5.43 Å². The van der Waals surface area contributed by atoms with E-state index >= 15 is 0 Å². The van der Waals surface area contributed by atoms with Gasteiger partial charge in [0.2, 0.25) is 5.43 Å². The molecule has 0 saturated heterocycles. The van der Waals surface area contributed by atoms with E-state index in [1.54, 1.807) is 23.6 Å². The van der Waals surface area contributed by atoms with Crippen molar-refractivity contribution in [2.45, 2.75) is 0 Å². The minimum absolute atomic E-state index is 0.281. The Hall–Kier alpha value is -2.66. The maximum atomic E-state index is 11.6. The molecule has 1 heterocycles. The van der Waals surface area contributed by atoms with E-state index in [0.29, 0.717) is 16.4 Å². The lowest BCUT2D eigenvalue weighted by Crippen LogP contribution is -1.95. The van der Waals surface area contributed by atoms with Crippen LogP contribution in [-0.2, 0) is 0 Å². The molecule has 0 radical (unpaired) electrons. The highest BCUT2D eigenvalue weighted by molar-refractivity contribution is 7.14. The molecule has 0 aliphatic carbocycles. The third-order valence-corrected chi connectivity index (χ3v) is 3.67. The van der Waals surface area contributed by atoms with E-state index in [0.717, 1.165) is 5.69 Å². The van der Waals surface area contributed by atoms with E-state index in [4.69, 9.17) is 0 Å². The topological polar surface area (TPSA) is 62.2 Å². The molecule has 0 unspecified atom stereocenters. The molecule has 0 aliphatic rings. The van der Waals surface area contributed by atoms with Gasteiger partial charge in [0, 0.05) is 16.6 Å². The smallest absolute Gasteiger partial charge is 0.220 e. The van der Waals surface area contributed by atoms with Gasteiger partial charge in [0.25, 0.3) is 0 Å². The fourth-order valence-corrected chi connectivity index (χ4v) is 2.62. The Labute approximate surface area is 125 Å². The third-order valence-electron chi connectivity index (χ3n) is 2.92. The molecule has 0 aliphatic heterocycles. The molecule has 2 aromatic carbocycles. The van der Waals surface area contributed by atoms with Crippen molar-refractivity contribution in [1.29, 1.82) is 0 Å². The first-order chi connectivity index (χ1) is 10.2. The summed E-state index contributed by atoms with van der Waals surface area (Å²) < 4.78 is 0. The molecule has 3 rings (SSSR count). The van der Waals surface area contributed by atoms with Crippen LogP contribution in [-0.4, -0.2) is 10.1 Å². The number of thiazole rings is 1. The molecule has 0 bridgehead atoms. The van der Waals surface area contributed by atoms with E-state index in [9.17, 15) is 9.90 Å². The summed E-state index contributed by atoms with van der Waals surface area (Å²) in [5.41, 5.74) is 1.53. The van der Waals surface area contributed by atoms with Gasteiger partial charge < -0.3 is 10.4 Å². The zero-order valence-corrected chi connectivity index (χ0v) is 11.8. The second-order valence-corrected chi connectivity index (χ2v) is 5.23. The highest BCUT2D eigenvalue weighted by atomic mass is 32.1. The summed E-state index contributed by atoms with van der Waals surface area (Å²) in [6.07, 6.45) is 0. The van der Waals surface area contributed by atoms with Crippen LogP contribution < -0.4 is 10.7 Å². The predicted molar refractivity (Wildman–Crippen MR) is 85.2 cm³/mol. The molecule has 104 valence electrons. The average molecular weight is 296 g/mol. The predicted octanol–water partition coefficient (Wildman–Crippen LogP) is 3.62. The van der Waals surface area contributed by atoms with Gasteiger partial charge in [-0.3, -0.25) is 4.79 Å². The normalized spacial score (nSPS) is 10.3. The van der Waals surface area contributed by atoms with Crippen molar-refractivity contribution < 1.29 is 5.11 Å². The summed E-state index contributed by atoms with van der Waals surface area (Å²) in [4.78, 5) is 16.0. The molecule has 1 aromatic heterocycles. The molecule has 0 amide bonds. The Balaban J connectivity index is 1.95. The number of hydrogen-bond acceptors (Lipinski definition) is 5. The lowest BCUT2D eigenvalue weighted by molar-refractivity contribution is 0.473. The van der Waals surface area contributed by atoms with Crippen LogP contribution in [0.4, 0.5) is 10.8 Å². The minimum Gasteiger partial charge on any atom is -0.504 e. The summed E-state index contributed by atoms with van der Waals surface area (Å²) in [5.74, 6) is -0.281. The summed E-state index contributed by atoms with van der Waals surface area (Å²) in [7, 11) is 0. The van der Waals surface area contributed by atoms with Gasteiger partial charge in [-0.05, 0) is 24.3 Å². The molecule has 5 heteroatoms. The van der Waals surface area contributed by atoms with Crippen LogP contribution in [0.5, 0.6) is 5.75 Å². The third kappa shape index (κ3) is 2.93. The number of nitrogens with one attached hydrogen (secondary N) is 1. The maximum absolute atomic E-state index is 11.6. The second-order valence-electron chi connectivity index (χ2n) is 4.37. The van der Waals surface area contributed by atoms with Crippen molar-refractivity contribution in [1.82, 2.24) is 4.98 Å². The highest BCUT2D eigenvalue weighted by Gasteiger charge is 2.10. The van der Waals surface area contributed by atoms with Crippen molar-refractivity contribution >= 4 is 22.2 Å². The molecule has 0 fully saturated rings. The van der Waals surface area contributed by atoms with Crippen LogP contribution in [0.3, 0.4) is 0 Å². The molecule has 21 heavy (non-hydrogen) atoms. The Kier molecular flexibility index (Phi) is 3.66. The van der Waals surface area contributed by atoms with E-state index in [1.807, 2.05) is 30.3 Å². The van der Waals surface area contributed by atoms with E-state index in [2.05, 4.69) is 10.3 Å². The quantitative estimate of drug-likeness (QED) is 0.775. The molecule has 3 aromatic rings. The fourth-order valence-electron chi connectivity index (χ4n) is 1.89. The van der Waals surface area contributed by atoms with Gasteiger partial charge in [-0.25, -0.2) is 4.98 Å². The first-order valence-corrected chi connectivity index (χ1v) is 7.22. The van der Waals surface area contributed by atoms with Crippen LogP contribution in [0, 0.1) is 0 Å². The Morgan fingerprint density at radius 3 is 2.52 bits per heavy atom.